The summed E-state index contributed by atoms with van der Waals surface area (Å²) in [6, 6.07) is 1.93. The highest BCUT2D eigenvalue weighted by Gasteiger charge is 2.15. The molecular weight excluding hydrogens is 278 g/mol. The first-order valence-corrected chi connectivity index (χ1v) is 7.15. The molecule has 2 aromatic rings. The molecule has 2 rings (SSSR count). The molecule has 0 spiro atoms. The number of carbonyl (C=O) groups is 1. The molecule has 0 bridgehead atoms. The fourth-order valence-corrected chi connectivity index (χ4v) is 2.40. The van der Waals surface area contributed by atoms with Crippen molar-refractivity contribution in [2.24, 2.45) is 0 Å². The van der Waals surface area contributed by atoms with Crippen molar-refractivity contribution in [2.45, 2.75) is 25.9 Å². The molecule has 0 saturated heterocycles. The molecule has 1 amide bonds. The fourth-order valence-electron chi connectivity index (χ4n) is 1.72. The molecule has 0 radical (unpaired) electrons. The van der Waals surface area contributed by atoms with Gasteiger partial charge in [-0.1, -0.05) is 11.8 Å². The number of nitrogens with one attached hydrogen (secondary N) is 1. The van der Waals surface area contributed by atoms with Gasteiger partial charge in [-0.15, -0.1) is 10.2 Å². The van der Waals surface area contributed by atoms with Crippen molar-refractivity contribution in [1.82, 2.24) is 30.0 Å². The molecule has 2 heterocycles. The second-order valence-corrected chi connectivity index (χ2v) is 5.18. The van der Waals surface area contributed by atoms with Crippen molar-refractivity contribution in [3.63, 3.8) is 0 Å². The van der Waals surface area contributed by atoms with E-state index in [-0.39, 0.29) is 11.7 Å². The van der Waals surface area contributed by atoms with E-state index >= 15 is 0 Å². The largest absolute Gasteiger partial charge is 0.356 e. The SMILES string of the molecule is CCNC(=O)CSc1nnc(-n2nc(C)cc2C)n1N. The molecule has 0 aliphatic heterocycles. The first-order valence-electron chi connectivity index (χ1n) is 6.16. The van der Waals surface area contributed by atoms with Crippen LogP contribution in [0.4, 0.5) is 0 Å². The van der Waals surface area contributed by atoms with Gasteiger partial charge in [0.05, 0.1) is 11.4 Å². The van der Waals surface area contributed by atoms with E-state index in [0.29, 0.717) is 17.6 Å². The molecule has 108 valence electrons. The summed E-state index contributed by atoms with van der Waals surface area (Å²) >= 11 is 1.23. The van der Waals surface area contributed by atoms with Crippen molar-refractivity contribution in [3.05, 3.63) is 17.5 Å². The van der Waals surface area contributed by atoms with Crippen molar-refractivity contribution in [1.29, 1.82) is 0 Å². The molecule has 3 N–H and O–H groups in total. The van der Waals surface area contributed by atoms with E-state index in [0.717, 1.165) is 11.4 Å². The zero-order valence-electron chi connectivity index (χ0n) is 11.6. The van der Waals surface area contributed by atoms with Gasteiger partial charge in [0.1, 0.15) is 0 Å². The lowest BCUT2D eigenvalue weighted by molar-refractivity contribution is -0.118. The molecule has 0 aliphatic carbocycles. The minimum Gasteiger partial charge on any atom is -0.356 e. The summed E-state index contributed by atoms with van der Waals surface area (Å²) in [4.78, 5) is 11.4. The smallest absolute Gasteiger partial charge is 0.271 e. The van der Waals surface area contributed by atoms with E-state index < -0.39 is 0 Å². The van der Waals surface area contributed by atoms with Gasteiger partial charge in [-0.3, -0.25) is 4.79 Å². The number of thioether (sulfide) groups is 1. The van der Waals surface area contributed by atoms with Gasteiger partial charge in [0, 0.05) is 12.2 Å². The Morgan fingerprint density at radius 2 is 2.20 bits per heavy atom. The van der Waals surface area contributed by atoms with Crippen LogP contribution in [0.3, 0.4) is 0 Å². The number of amides is 1. The molecular formula is C11H17N7OS. The van der Waals surface area contributed by atoms with Gasteiger partial charge in [0.15, 0.2) is 0 Å². The minimum atomic E-state index is -0.0619. The third-order valence-corrected chi connectivity index (χ3v) is 3.49. The first kappa shape index (κ1) is 14.4. The van der Waals surface area contributed by atoms with E-state index in [1.54, 1.807) is 4.68 Å². The van der Waals surface area contributed by atoms with E-state index in [4.69, 9.17) is 5.84 Å². The van der Waals surface area contributed by atoms with Gasteiger partial charge in [0.25, 0.3) is 5.95 Å². The van der Waals surface area contributed by atoms with Crippen LogP contribution >= 0.6 is 11.8 Å². The van der Waals surface area contributed by atoms with Crippen LogP contribution in [0.2, 0.25) is 0 Å². The normalized spacial score (nSPS) is 10.8. The lowest BCUT2D eigenvalue weighted by Gasteiger charge is -2.04. The highest BCUT2D eigenvalue weighted by Crippen LogP contribution is 2.17. The van der Waals surface area contributed by atoms with Crippen LogP contribution in [0.5, 0.6) is 0 Å². The quantitative estimate of drug-likeness (QED) is 0.595. The summed E-state index contributed by atoms with van der Waals surface area (Å²) < 4.78 is 2.96. The maximum atomic E-state index is 11.4. The molecule has 0 fully saturated rings. The molecule has 8 nitrogen and oxygen atoms in total. The van der Waals surface area contributed by atoms with E-state index in [9.17, 15) is 4.79 Å². The Bertz CT molecular complexity index is 618. The fraction of sp³-hybridized carbons (Fsp3) is 0.455. The van der Waals surface area contributed by atoms with Gasteiger partial charge in [-0.05, 0) is 26.8 Å². The van der Waals surface area contributed by atoms with Gasteiger partial charge in [-0.2, -0.15) is 5.10 Å². The Morgan fingerprint density at radius 1 is 1.45 bits per heavy atom. The molecule has 0 aromatic carbocycles. The first-order chi connectivity index (χ1) is 9.52. The molecule has 0 atom stereocenters. The molecule has 20 heavy (non-hydrogen) atoms. The lowest BCUT2D eigenvalue weighted by atomic mass is 10.4. The van der Waals surface area contributed by atoms with Crippen molar-refractivity contribution >= 4 is 17.7 Å². The maximum Gasteiger partial charge on any atom is 0.271 e. The summed E-state index contributed by atoms with van der Waals surface area (Å²) in [5.41, 5.74) is 1.80. The van der Waals surface area contributed by atoms with E-state index in [1.165, 1.54) is 16.4 Å². The third kappa shape index (κ3) is 2.93. The van der Waals surface area contributed by atoms with Crippen LogP contribution in [0.25, 0.3) is 5.95 Å². The molecule has 0 saturated carbocycles. The molecule has 2 aromatic heterocycles. The predicted octanol–water partition coefficient (Wildman–Crippen LogP) is 0.0226. The molecule has 0 unspecified atom stereocenters. The van der Waals surface area contributed by atoms with Crippen molar-refractivity contribution in [2.75, 3.05) is 18.1 Å². The summed E-state index contributed by atoms with van der Waals surface area (Å²) in [6.07, 6.45) is 0. The average Bonchev–Trinajstić information content (AvgIpc) is 2.90. The van der Waals surface area contributed by atoms with Crippen LogP contribution < -0.4 is 11.2 Å². The number of aromatic nitrogens is 5. The minimum absolute atomic E-state index is 0.0619. The van der Waals surface area contributed by atoms with Crippen molar-refractivity contribution in [3.8, 4) is 5.95 Å². The van der Waals surface area contributed by atoms with Crippen LogP contribution in [0.15, 0.2) is 11.2 Å². The third-order valence-electron chi connectivity index (χ3n) is 2.55. The van der Waals surface area contributed by atoms with Gasteiger partial charge < -0.3 is 11.2 Å². The van der Waals surface area contributed by atoms with Gasteiger partial charge in [-0.25, -0.2) is 9.36 Å². The molecule has 9 heteroatoms. The highest BCUT2D eigenvalue weighted by molar-refractivity contribution is 7.99. The number of nitrogens with two attached hydrogens (primary N) is 1. The average molecular weight is 295 g/mol. The number of carbonyl (C=O) groups excluding carboxylic acids is 1. The Hall–Kier alpha value is -2.03. The summed E-state index contributed by atoms with van der Waals surface area (Å²) in [5.74, 6) is 6.57. The Labute approximate surface area is 120 Å². The maximum absolute atomic E-state index is 11.4. The summed E-state index contributed by atoms with van der Waals surface area (Å²) in [6.45, 7) is 6.28. The van der Waals surface area contributed by atoms with Gasteiger partial charge >= 0.3 is 0 Å². The van der Waals surface area contributed by atoms with Crippen LogP contribution in [-0.4, -0.2) is 42.9 Å². The summed E-state index contributed by atoms with van der Waals surface area (Å²) in [7, 11) is 0. The number of rotatable bonds is 5. The van der Waals surface area contributed by atoms with E-state index in [2.05, 4.69) is 20.6 Å². The standard InChI is InChI=1S/C11H17N7OS/c1-4-13-9(19)6-20-11-15-14-10(17(11)12)18-8(3)5-7(2)16-18/h5H,4,6,12H2,1-3H3,(H,13,19). The lowest BCUT2D eigenvalue weighted by Crippen LogP contribution is -2.25. The monoisotopic (exact) mass is 295 g/mol. The van der Waals surface area contributed by atoms with Crippen LogP contribution in [-0.2, 0) is 4.79 Å². The van der Waals surface area contributed by atoms with Crippen molar-refractivity contribution < 1.29 is 4.79 Å². The highest BCUT2D eigenvalue weighted by atomic mass is 32.2. The van der Waals surface area contributed by atoms with Crippen LogP contribution in [0.1, 0.15) is 18.3 Å². The number of nitrogen functional groups attached to an aromatic ring is 1. The Kier molecular flexibility index (Phi) is 4.28. The second-order valence-electron chi connectivity index (χ2n) is 4.23. The van der Waals surface area contributed by atoms with E-state index in [1.807, 2.05) is 26.8 Å². The number of aryl methyl sites for hydroxylation is 2. The topological polar surface area (TPSA) is 104 Å². The zero-order chi connectivity index (χ0) is 14.7. The van der Waals surface area contributed by atoms with Gasteiger partial charge in [0.2, 0.25) is 11.1 Å². The zero-order valence-corrected chi connectivity index (χ0v) is 12.4. The van der Waals surface area contributed by atoms with Crippen LogP contribution in [0, 0.1) is 13.8 Å². The second kappa shape index (κ2) is 5.95. The molecule has 0 aliphatic rings. The predicted molar refractivity (Wildman–Crippen MR) is 76.2 cm³/mol. The summed E-state index contributed by atoms with van der Waals surface area (Å²) in [5, 5.41) is 15.5. The number of hydrogen-bond acceptors (Lipinski definition) is 6. The number of nitrogens with zero attached hydrogens (tertiary/aromatic N) is 5. The Morgan fingerprint density at radius 3 is 2.80 bits per heavy atom. The number of hydrogen-bond donors (Lipinski definition) is 2. The Balaban J connectivity index is 2.15.